The van der Waals surface area contributed by atoms with Crippen molar-refractivity contribution in [3.8, 4) is 5.75 Å². The van der Waals surface area contributed by atoms with Crippen LogP contribution in [0.25, 0.3) is 6.08 Å². The maximum Gasteiger partial charge on any atom is 0.573 e. The molecule has 1 amide bonds. The molecule has 0 bridgehead atoms. The van der Waals surface area contributed by atoms with Gasteiger partial charge in [-0.15, -0.1) is 13.2 Å². The van der Waals surface area contributed by atoms with Crippen molar-refractivity contribution in [3.05, 3.63) is 72.0 Å². The molecule has 0 fully saturated rings. The topological polar surface area (TPSA) is 86.4 Å². The van der Waals surface area contributed by atoms with Crippen LogP contribution in [-0.4, -0.2) is 27.8 Å². The summed E-state index contributed by atoms with van der Waals surface area (Å²) in [6.07, 6.45) is 0.742. The average Bonchev–Trinajstić information content (AvgIpc) is 3.29. The van der Waals surface area contributed by atoms with Crippen LogP contribution in [0.1, 0.15) is 28.8 Å². The van der Waals surface area contributed by atoms with E-state index in [4.69, 9.17) is 4.42 Å². The van der Waals surface area contributed by atoms with Gasteiger partial charge in [0.15, 0.2) is 11.5 Å². The second-order valence-electron chi connectivity index (χ2n) is 6.19. The lowest BCUT2D eigenvalue weighted by Gasteiger charge is -2.08. The van der Waals surface area contributed by atoms with E-state index in [1.807, 2.05) is 0 Å². The van der Waals surface area contributed by atoms with Crippen molar-refractivity contribution < 1.29 is 31.9 Å². The number of carbonyl (C=O) groups is 2. The minimum absolute atomic E-state index is 0.183. The number of anilines is 1. The Kier molecular flexibility index (Phi) is 6.05. The Balaban J connectivity index is 1.57. The van der Waals surface area contributed by atoms with Gasteiger partial charge in [-0.1, -0.05) is 12.1 Å². The SMILES string of the molecule is CC(=O)c1ccc(Cn2cc(NC(=O)C=Cc3cccc(OC(F)(F)F)c3)cn2)o1. The number of benzene rings is 1. The highest BCUT2D eigenvalue weighted by Gasteiger charge is 2.31. The Labute approximate surface area is 168 Å². The zero-order chi connectivity index (χ0) is 21.7. The van der Waals surface area contributed by atoms with Crippen molar-refractivity contribution in [2.24, 2.45) is 0 Å². The van der Waals surface area contributed by atoms with Gasteiger partial charge >= 0.3 is 6.36 Å². The fourth-order valence-corrected chi connectivity index (χ4v) is 2.50. The van der Waals surface area contributed by atoms with Crippen molar-refractivity contribution in [2.75, 3.05) is 5.32 Å². The first kappa shape index (κ1) is 20.9. The van der Waals surface area contributed by atoms with Crippen LogP contribution >= 0.6 is 0 Å². The third-order valence-corrected chi connectivity index (χ3v) is 3.75. The van der Waals surface area contributed by atoms with Crippen molar-refractivity contribution >= 4 is 23.5 Å². The van der Waals surface area contributed by atoms with E-state index in [0.29, 0.717) is 17.0 Å². The second kappa shape index (κ2) is 8.68. The van der Waals surface area contributed by atoms with Crippen LogP contribution in [-0.2, 0) is 11.3 Å². The minimum Gasteiger partial charge on any atom is -0.456 e. The van der Waals surface area contributed by atoms with Gasteiger partial charge in [0, 0.05) is 19.2 Å². The lowest BCUT2D eigenvalue weighted by Crippen LogP contribution is -2.17. The third-order valence-electron chi connectivity index (χ3n) is 3.75. The summed E-state index contributed by atoms with van der Waals surface area (Å²) in [6.45, 7) is 1.67. The molecule has 7 nitrogen and oxygen atoms in total. The van der Waals surface area contributed by atoms with E-state index in [9.17, 15) is 22.8 Å². The highest BCUT2D eigenvalue weighted by Crippen LogP contribution is 2.23. The minimum atomic E-state index is -4.79. The van der Waals surface area contributed by atoms with Crippen molar-refractivity contribution in [1.29, 1.82) is 0 Å². The first-order valence-corrected chi connectivity index (χ1v) is 8.65. The van der Waals surface area contributed by atoms with Gasteiger partial charge in [-0.3, -0.25) is 14.3 Å². The van der Waals surface area contributed by atoms with E-state index in [1.165, 1.54) is 42.1 Å². The molecule has 30 heavy (non-hydrogen) atoms. The molecule has 0 saturated carbocycles. The summed E-state index contributed by atoms with van der Waals surface area (Å²) in [5, 5.41) is 6.68. The van der Waals surface area contributed by atoms with Crippen LogP contribution in [0.2, 0.25) is 0 Å². The molecular formula is C20H16F3N3O4. The molecule has 2 aromatic heterocycles. The van der Waals surface area contributed by atoms with Crippen LogP contribution < -0.4 is 10.1 Å². The number of ketones is 1. The first-order valence-electron chi connectivity index (χ1n) is 8.65. The number of ether oxygens (including phenoxy) is 1. The molecule has 10 heteroatoms. The number of nitrogens with one attached hydrogen (secondary N) is 1. The number of halogens is 3. The average molecular weight is 419 g/mol. The molecule has 0 radical (unpaired) electrons. The zero-order valence-corrected chi connectivity index (χ0v) is 15.6. The monoisotopic (exact) mass is 419 g/mol. The van der Waals surface area contributed by atoms with Gasteiger partial charge in [0.05, 0.1) is 18.4 Å². The predicted octanol–water partition coefficient (Wildman–Crippen LogP) is 4.28. The second-order valence-corrected chi connectivity index (χ2v) is 6.19. The summed E-state index contributed by atoms with van der Waals surface area (Å²) in [7, 11) is 0. The Hall–Kier alpha value is -3.82. The molecule has 0 aliphatic heterocycles. The Morgan fingerprint density at radius 2 is 2.07 bits per heavy atom. The van der Waals surface area contributed by atoms with Crippen LogP contribution in [0, 0.1) is 0 Å². The molecule has 1 aromatic carbocycles. The first-order chi connectivity index (χ1) is 14.2. The predicted molar refractivity (Wildman–Crippen MR) is 101 cm³/mol. The van der Waals surface area contributed by atoms with Crippen LogP contribution in [0.4, 0.5) is 18.9 Å². The summed E-state index contributed by atoms with van der Waals surface area (Å²) >= 11 is 0. The van der Waals surface area contributed by atoms with Crippen molar-refractivity contribution in [1.82, 2.24) is 9.78 Å². The number of hydrogen-bond acceptors (Lipinski definition) is 5. The zero-order valence-electron chi connectivity index (χ0n) is 15.6. The summed E-state index contributed by atoms with van der Waals surface area (Å²) in [5.41, 5.74) is 0.777. The Morgan fingerprint density at radius 1 is 1.27 bits per heavy atom. The number of furan rings is 1. The molecule has 0 unspecified atom stereocenters. The molecule has 156 valence electrons. The van der Waals surface area contributed by atoms with Crippen molar-refractivity contribution in [3.63, 3.8) is 0 Å². The van der Waals surface area contributed by atoms with Crippen LogP contribution in [0.3, 0.4) is 0 Å². The van der Waals surface area contributed by atoms with Gasteiger partial charge in [0.2, 0.25) is 5.91 Å². The molecule has 0 aliphatic rings. The maximum atomic E-state index is 12.3. The Bertz CT molecular complexity index is 1080. The van der Waals surface area contributed by atoms with E-state index in [0.717, 1.165) is 12.1 Å². The normalized spacial score (nSPS) is 11.6. The smallest absolute Gasteiger partial charge is 0.456 e. The summed E-state index contributed by atoms with van der Waals surface area (Å²) in [5.74, 6) is -0.273. The molecule has 2 heterocycles. The molecular weight excluding hydrogens is 403 g/mol. The van der Waals surface area contributed by atoms with Crippen LogP contribution in [0.15, 0.2) is 59.3 Å². The number of Topliss-reactive ketones (excluding diaryl/α,β-unsaturated/α-hetero) is 1. The fraction of sp³-hybridized carbons (Fsp3) is 0.150. The number of carbonyl (C=O) groups excluding carboxylic acids is 2. The fourth-order valence-electron chi connectivity index (χ4n) is 2.50. The van der Waals surface area contributed by atoms with Gasteiger partial charge in [-0.05, 0) is 35.9 Å². The quantitative estimate of drug-likeness (QED) is 0.456. The number of rotatable bonds is 7. The van der Waals surface area contributed by atoms with Gasteiger partial charge in [0.25, 0.3) is 0 Å². The number of nitrogens with zero attached hydrogens (tertiary/aromatic N) is 2. The van der Waals surface area contributed by atoms with E-state index < -0.39 is 12.3 Å². The molecule has 0 aliphatic carbocycles. The van der Waals surface area contributed by atoms with Gasteiger partial charge in [-0.25, -0.2) is 0 Å². The summed E-state index contributed by atoms with van der Waals surface area (Å²) < 4.78 is 47.5. The van der Waals surface area contributed by atoms with Crippen LogP contribution in [0.5, 0.6) is 5.75 Å². The molecule has 0 saturated heterocycles. The molecule has 0 atom stereocenters. The van der Waals surface area contributed by atoms with E-state index >= 15 is 0 Å². The van der Waals surface area contributed by atoms with Crippen molar-refractivity contribution in [2.45, 2.75) is 19.8 Å². The van der Waals surface area contributed by atoms with E-state index in [-0.39, 0.29) is 23.8 Å². The summed E-state index contributed by atoms with van der Waals surface area (Å²) in [6, 6.07) is 8.48. The molecule has 1 N–H and O–H groups in total. The van der Waals surface area contributed by atoms with E-state index in [1.54, 1.807) is 18.3 Å². The van der Waals surface area contributed by atoms with Gasteiger partial charge < -0.3 is 14.5 Å². The molecule has 3 rings (SSSR count). The lowest BCUT2D eigenvalue weighted by molar-refractivity contribution is -0.274. The van der Waals surface area contributed by atoms with Gasteiger partial charge in [0.1, 0.15) is 11.5 Å². The van der Waals surface area contributed by atoms with E-state index in [2.05, 4.69) is 15.2 Å². The maximum absolute atomic E-state index is 12.3. The number of hydrogen-bond donors (Lipinski definition) is 1. The lowest BCUT2D eigenvalue weighted by atomic mass is 10.2. The number of aromatic nitrogens is 2. The largest absolute Gasteiger partial charge is 0.573 e. The molecule has 3 aromatic rings. The number of amides is 1. The standard InChI is InChI=1S/C20H16F3N3O4/c1-13(27)18-7-6-17(29-18)12-26-11-15(10-24-26)25-19(28)8-5-14-3-2-4-16(9-14)30-20(21,22)23/h2-11H,12H2,1H3,(H,25,28). The highest BCUT2D eigenvalue weighted by atomic mass is 19.4. The Morgan fingerprint density at radius 3 is 2.77 bits per heavy atom. The molecule has 0 spiro atoms. The summed E-state index contributed by atoms with van der Waals surface area (Å²) in [4.78, 5) is 23.3. The number of alkyl halides is 3. The van der Waals surface area contributed by atoms with Gasteiger partial charge in [-0.2, -0.15) is 5.10 Å². The highest BCUT2D eigenvalue weighted by molar-refractivity contribution is 6.01. The third kappa shape index (κ3) is 6.09.